The first-order valence-corrected chi connectivity index (χ1v) is 8.62. The van der Waals surface area contributed by atoms with E-state index in [0.717, 1.165) is 23.5 Å². The number of carbonyl (C=O) groups is 2. The van der Waals surface area contributed by atoms with Crippen LogP contribution in [0.1, 0.15) is 37.9 Å². The van der Waals surface area contributed by atoms with Gasteiger partial charge in [-0.2, -0.15) is 0 Å². The molecule has 1 aromatic heterocycles. The highest BCUT2D eigenvalue weighted by atomic mass is 32.2. The second-order valence-electron chi connectivity index (χ2n) is 5.03. The Labute approximate surface area is 139 Å². The predicted octanol–water partition coefficient (Wildman–Crippen LogP) is 4.16. The third-order valence-corrected chi connectivity index (χ3v) is 4.41. The molecule has 0 aliphatic rings. The standard InChI is InChI=1S/C16H21N3O3S/c1-4-6-14(20)19-13-8-7-11(23-9-5-2)10-12(13)17-15(19)18-16(21)22-3/h7-8,10H,4-6,9H2,1-3H3,(H,17,18,21). The molecule has 0 unspecified atom stereocenters. The normalized spacial score (nSPS) is 10.7. The maximum atomic E-state index is 12.4. The topological polar surface area (TPSA) is 73.2 Å². The highest BCUT2D eigenvalue weighted by Gasteiger charge is 2.18. The van der Waals surface area contributed by atoms with Crippen LogP contribution in [0, 0.1) is 0 Å². The van der Waals surface area contributed by atoms with E-state index in [4.69, 9.17) is 0 Å². The smallest absolute Gasteiger partial charge is 0.413 e. The Bertz CT molecular complexity index is 712. The molecular weight excluding hydrogens is 314 g/mol. The number of benzene rings is 1. The summed E-state index contributed by atoms with van der Waals surface area (Å²) in [5, 5.41) is 2.51. The van der Waals surface area contributed by atoms with Crippen molar-refractivity contribution in [1.29, 1.82) is 0 Å². The van der Waals surface area contributed by atoms with Crippen molar-refractivity contribution in [3.8, 4) is 0 Å². The first-order valence-electron chi connectivity index (χ1n) is 7.64. The number of methoxy groups -OCH3 is 1. The number of imidazole rings is 1. The van der Waals surface area contributed by atoms with Crippen LogP contribution in [0.5, 0.6) is 0 Å². The molecule has 0 saturated carbocycles. The number of nitrogens with one attached hydrogen (secondary N) is 1. The number of thioether (sulfide) groups is 1. The van der Waals surface area contributed by atoms with Crippen LogP contribution in [-0.2, 0) is 4.74 Å². The van der Waals surface area contributed by atoms with Crippen LogP contribution in [0.2, 0.25) is 0 Å². The lowest BCUT2D eigenvalue weighted by Gasteiger charge is -2.07. The predicted molar refractivity (Wildman–Crippen MR) is 92.3 cm³/mol. The van der Waals surface area contributed by atoms with Crippen LogP contribution in [0.3, 0.4) is 0 Å². The highest BCUT2D eigenvalue weighted by molar-refractivity contribution is 7.99. The van der Waals surface area contributed by atoms with Gasteiger partial charge in [0.25, 0.3) is 0 Å². The Morgan fingerprint density at radius 3 is 2.74 bits per heavy atom. The number of hydrogen-bond acceptors (Lipinski definition) is 5. The summed E-state index contributed by atoms with van der Waals surface area (Å²) < 4.78 is 6.05. The molecule has 6 nitrogen and oxygen atoms in total. The molecule has 0 fully saturated rings. The van der Waals surface area contributed by atoms with E-state index in [1.54, 1.807) is 11.8 Å². The largest absolute Gasteiger partial charge is 0.453 e. The van der Waals surface area contributed by atoms with E-state index in [1.807, 2.05) is 25.1 Å². The maximum Gasteiger partial charge on any atom is 0.413 e. The van der Waals surface area contributed by atoms with Crippen LogP contribution in [0.25, 0.3) is 11.0 Å². The third-order valence-electron chi connectivity index (χ3n) is 3.21. The number of anilines is 1. The van der Waals surface area contributed by atoms with Crippen molar-refractivity contribution in [2.75, 3.05) is 18.2 Å². The van der Waals surface area contributed by atoms with E-state index < -0.39 is 6.09 Å². The summed E-state index contributed by atoms with van der Waals surface area (Å²) in [4.78, 5) is 29.4. The van der Waals surface area contributed by atoms with E-state index >= 15 is 0 Å². The maximum absolute atomic E-state index is 12.4. The number of hydrogen-bond donors (Lipinski definition) is 1. The van der Waals surface area contributed by atoms with Gasteiger partial charge in [0.2, 0.25) is 11.9 Å². The van der Waals surface area contributed by atoms with Crippen LogP contribution < -0.4 is 5.32 Å². The highest BCUT2D eigenvalue weighted by Crippen LogP contribution is 2.27. The van der Waals surface area contributed by atoms with Gasteiger partial charge < -0.3 is 4.74 Å². The van der Waals surface area contributed by atoms with Crippen LogP contribution in [-0.4, -0.2) is 34.4 Å². The van der Waals surface area contributed by atoms with Crippen molar-refractivity contribution in [3.05, 3.63) is 18.2 Å². The fraction of sp³-hybridized carbons (Fsp3) is 0.438. The molecule has 7 heteroatoms. The number of ether oxygens (including phenoxy) is 1. The number of rotatable bonds is 6. The monoisotopic (exact) mass is 335 g/mol. The van der Waals surface area contributed by atoms with Gasteiger partial charge >= 0.3 is 6.09 Å². The lowest BCUT2D eigenvalue weighted by molar-refractivity contribution is 0.0909. The first-order chi connectivity index (χ1) is 11.1. The molecule has 2 aromatic rings. The van der Waals surface area contributed by atoms with Gasteiger partial charge in [-0.05, 0) is 36.8 Å². The minimum atomic E-state index is -0.647. The molecule has 124 valence electrons. The number of aromatic nitrogens is 2. The van der Waals surface area contributed by atoms with E-state index in [2.05, 4.69) is 22.0 Å². The number of carbonyl (C=O) groups excluding carboxylic acids is 2. The van der Waals surface area contributed by atoms with Gasteiger partial charge in [0.15, 0.2) is 0 Å². The molecule has 1 aromatic carbocycles. The molecular formula is C16H21N3O3S. The third kappa shape index (κ3) is 4.04. The van der Waals surface area contributed by atoms with Gasteiger partial charge in [-0.25, -0.2) is 14.3 Å². The fourth-order valence-corrected chi connectivity index (χ4v) is 2.97. The molecule has 23 heavy (non-hydrogen) atoms. The Kier molecular flexibility index (Phi) is 6.04. The van der Waals surface area contributed by atoms with E-state index in [1.165, 1.54) is 11.7 Å². The summed E-state index contributed by atoms with van der Waals surface area (Å²) in [5.74, 6) is 1.12. The summed E-state index contributed by atoms with van der Waals surface area (Å²) in [6.07, 6.45) is 1.54. The van der Waals surface area contributed by atoms with Gasteiger partial charge in [0.05, 0.1) is 18.1 Å². The van der Waals surface area contributed by atoms with Crippen LogP contribution in [0.4, 0.5) is 10.7 Å². The summed E-state index contributed by atoms with van der Waals surface area (Å²) >= 11 is 1.74. The average Bonchev–Trinajstić information content (AvgIpc) is 2.89. The van der Waals surface area contributed by atoms with Crippen molar-refractivity contribution >= 4 is 40.7 Å². The quantitative estimate of drug-likeness (QED) is 0.803. The minimum absolute atomic E-state index is 0.102. The molecule has 0 saturated heterocycles. The Morgan fingerprint density at radius 2 is 2.09 bits per heavy atom. The molecule has 1 amide bonds. The van der Waals surface area contributed by atoms with Crippen molar-refractivity contribution in [1.82, 2.24) is 9.55 Å². The molecule has 0 bridgehead atoms. The van der Waals surface area contributed by atoms with Gasteiger partial charge in [0, 0.05) is 11.3 Å². The van der Waals surface area contributed by atoms with Gasteiger partial charge in [-0.3, -0.25) is 10.1 Å². The van der Waals surface area contributed by atoms with Gasteiger partial charge in [0.1, 0.15) is 0 Å². The van der Waals surface area contributed by atoms with Crippen LogP contribution in [0.15, 0.2) is 23.1 Å². The zero-order chi connectivity index (χ0) is 16.8. The summed E-state index contributed by atoms with van der Waals surface area (Å²) in [5.41, 5.74) is 1.37. The Hall–Kier alpha value is -2.02. The number of nitrogens with zero attached hydrogens (tertiary/aromatic N) is 2. The Morgan fingerprint density at radius 1 is 1.30 bits per heavy atom. The number of amides is 1. The zero-order valence-electron chi connectivity index (χ0n) is 13.6. The van der Waals surface area contributed by atoms with Crippen molar-refractivity contribution < 1.29 is 14.3 Å². The lowest BCUT2D eigenvalue weighted by Crippen LogP contribution is -2.19. The SMILES string of the molecule is CCCSc1ccc2c(c1)nc(NC(=O)OC)n2C(=O)CCC. The molecule has 0 aliphatic heterocycles. The minimum Gasteiger partial charge on any atom is -0.453 e. The number of fused-ring (bicyclic) bond motifs is 1. The van der Waals surface area contributed by atoms with E-state index in [-0.39, 0.29) is 11.9 Å². The second kappa shape index (κ2) is 8.01. The molecule has 0 aliphatic carbocycles. The summed E-state index contributed by atoms with van der Waals surface area (Å²) in [6.45, 7) is 4.06. The summed E-state index contributed by atoms with van der Waals surface area (Å²) in [7, 11) is 1.27. The Balaban J connectivity index is 2.46. The van der Waals surface area contributed by atoms with Gasteiger partial charge in [-0.1, -0.05) is 13.8 Å². The first kappa shape index (κ1) is 17.3. The molecule has 2 rings (SSSR count). The van der Waals surface area contributed by atoms with Crippen molar-refractivity contribution in [2.24, 2.45) is 0 Å². The van der Waals surface area contributed by atoms with Gasteiger partial charge in [-0.15, -0.1) is 11.8 Å². The molecule has 0 atom stereocenters. The average molecular weight is 335 g/mol. The van der Waals surface area contributed by atoms with Crippen molar-refractivity contribution in [2.45, 2.75) is 38.0 Å². The van der Waals surface area contributed by atoms with Crippen LogP contribution >= 0.6 is 11.8 Å². The van der Waals surface area contributed by atoms with Crippen molar-refractivity contribution in [3.63, 3.8) is 0 Å². The summed E-state index contributed by atoms with van der Waals surface area (Å²) in [6, 6.07) is 5.78. The molecule has 0 spiro atoms. The molecule has 0 radical (unpaired) electrons. The fourth-order valence-electron chi connectivity index (χ4n) is 2.17. The molecule has 1 heterocycles. The lowest BCUT2D eigenvalue weighted by atomic mass is 10.3. The second-order valence-corrected chi connectivity index (χ2v) is 6.20. The van der Waals surface area contributed by atoms with E-state index in [9.17, 15) is 9.59 Å². The molecule has 1 N–H and O–H groups in total. The van der Waals surface area contributed by atoms with E-state index in [0.29, 0.717) is 17.5 Å². The zero-order valence-corrected chi connectivity index (χ0v) is 14.4.